The van der Waals surface area contributed by atoms with Crippen LogP contribution in [0.25, 0.3) is 0 Å². The Hall–Kier alpha value is -7.63. The molecule has 11 aromatic carbocycles. The molecule has 15 heteroatoms. The third-order valence-electron chi connectivity index (χ3n) is 21.1. The van der Waals surface area contributed by atoms with Gasteiger partial charge >= 0.3 is 0 Å². The summed E-state index contributed by atoms with van der Waals surface area (Å²) in [6, 6.07) is 65.2. The zero-order chi connectivity index (χ0) is 91.0. The number of aromatic hydroxyl groups is 5. The van der Waals surface area contributed by atoms with E-state index >= 15 is 0 Å². The standard InChI is InChI=1S/C24H35O2P.C22H23O2P.2C21H29O2P.C18H23O2P/c1-15-10-11-19(17(12-15)24(8,9)26)27-20-14-16(22(2,3)4)13-18(21(20)25)23(5,6)7;1-22(2,24)18-12-6-7-13-19(18)25-20-14-8-11-17(21(20)23)15-16-9-4-3-5-10-16;1-13-8-9-17(16(10-13)21(6,7)23)24-18-12-15(20(3,4)5)11-14(2)19(18)22;1-13-8-9-17(15(10-13)21(6,7)23)24-18-12-14(2)11-16(19(18)22)20(3,4)5;1-11-6-7-15(14(9-11)18(4,5)20)21-16-10-12(2)8-13(3)17(16)19/h10-14,25-27H,1-9H3;3-14,23-25H,15H2,1-2H3;2*8-12,22-24H,1-7H3;6-10,19-21H,1-5H3. The van der Waals surface area contributed by atoms with E-state index in [9.17, 15) is 51.1 Å². The van der Waals surface area contributed by atoms with Crippen molar-refractivity contribution in [2.24, 2.45) is 0 Å². The van der Waals surface area contributed by atoms with E-state index in [2.05, 4.69) is 193 Å². The van der Waals surface area contributed by atoms with E-state index in [0.717, 1.165) is 142 Å². The number of hydrogen-bond acceptors (Lipinski definition) is 10. The Morgan fingerprint density at radius 1 is 0.215 bits per heavy atom. The number of rotatable bonds is 17. The van der Waals surface area contributed by atoms with Crippen molar-refractivity contribution in [3.05, 3.63) is 300 Å². The topological polar surface area (TPSA) is 202 Å². The van der Waals surface area contributed by atoms with Gasteiger partial charge in [0.1, 0.15) is 28.7 Å². The fraction of sp³-hybridized carbons (Fsp3) is 0.377. The summed E-state index contributed by atoms with van der Waals surface area (Å²) in [7, 11) is 1.52. The van der Waals surface area contributed by atoms with Crippen LogP contribution < -0.4 is 53.0 Å². The highest BCUT2D eigenvalue weighted by Gasteiger charge is 2.31. The lowest BCUT2D eigenvalue weighted by Crippen LogP contribution is -2.25. The molecule has 0 saturated heterocycles. The Morgan fingerprint density at radius 2 is 0.504 bits per heavy atom. The van der Waals surface area contributed by atoms with Gasteiger partial charge in [0.25, 0.3) is 0 Å². The van der Waals surface area contributed by atoms with Gasteiger partial charge in [-0.25, -0.2) is 0 Å². The Kier molecular flexibility index (Phi) is 33.3. The molecule has 0 aliphatic heterocycles. The van der Waals surface area contributed by atoms with Crippen molar-refractivity contribution < 1.29 is 51.1 Å². The lowest BCUT2D eigenvalue weighted by atomic mass is 9.80. The number of benzene rings is 11. The smallest absolute Gasteiger partial charge is 0.127 e. The van der Waals surface area contributed by atoms with Gasteiger partial charge in [-0.3, -0.25) is 0 Å². The van der Waals surface area contributed by atoms with Crippen LogP contribution in [-0.2, 0) is 56.1 Å². The molecule has 0 aromatic heterocycles. The van der Waals surface area contributed by atoms with Crippen molar-refractivity contribution in [2.45, 2.75) is 264 Å². The fourth-order valence-corrected chi connectivity index (χ4v) is 21.7. The summed E-state index contributed by atoms with van der Waals surface area (Å²) >= 11 is 0. The molecular formula is C106H139O10P5. The maximum Gasteiger partial charge on any atom is 0.127 e. The Balaban J connectivity index is 0.000000209. The minimum absolute atomic E-state index is 0.000709. The lowest BCUT2D eigenvalue weighted by Gasteiger charge is -2.28. The van der Waals surface area contributed by atoms with E-state index in [1.54, 1.807) is 27.7 Å². The predicted octanol–water partition coefficient (Wildman–Crippen LogP) is 20.5. The molecule has 11 aromatic rings. The first-order valence-electron chi connectivity index (χ1n) is 41.7. The molecule has 0 bridgehead atoms. The number of aryl methyl sites for hydroxylation is 8. The monoisotopic (exact) mass is 1730 g/mol. The third kappa shape index (κ3) is 28.4. The maximum absolute atomic E-state index is 11.1. The minimum atomic E-state index is -0.918. The van der Waals surface area contributed by atoms with Gasteiger partial charge in [0.2, 0.25) is 0 Å². The first kappa shape index (κ1) is 100. The lowest BCUT2D eigenvalue weighted by molar-refractivity contribution is 0.0791. The van der Waals surface area contributed by atoms with Crippen LogP contribution >= 0.6 is 42.9 Å². The van der Waals surface area contributed by atoms with E-state index in [4.69, 9.17) is 0 Å². The number of para-hydroxylation sites is 1. The van der Waals surface area contributed by atoms with Crippen molar-refractivity contribution in [1.29, 1.82) is 0 Å². The van der Waals surface area contributed by atoms with Gasteiger partial charge in [-0.2, -0.15) is 0 Å². The molecule has 10 nitrogen and oxygen atoms in total. The van der Waals surface area contributed by atoms with E-state index in [1.807, 2.05) is 181 Å². The molecule has 0 saturated carbocycles. The third-order valence-corrected chi connectivity index (χ3v) is 27.9. The maximum atomic E-state index is 11.1. The fourth-order valence-electron chi connectivity index (χ4n) is 14.1. The first-order chi connectivity index (χ1) is 55.5. The van der Waals surface area contributed by atoms with Gasteiger partial charge in [0.05, 0.1) is 28.0 Å². The minimum Gasteiger partial charge on any atom is -0.507 e. The predicted molar refractivity (Wildman–Crippen MR) is 529 cm³/mol. The number of phenolic OH excluding ortho intramolecular Hbond substituents is 5. The van der Waals surface area contributed by atoms with Crippen LogP contribution in [0.15, 0.2) is 194 Å². The Bertz CT molecular complexity index is 5340. The summed E-state index contributed by atoms with van der Waals surface area (Å²) in [5, 5.41) is 116. The van der Waals surface area contributed by atoms with E-state index in [0.29, 0.717) is 69.5 Å². The van der Waals surface area contributed by atoms with Gasteiger partial charge in [-0.05, 0) is 269 Å². The van der Waals surface area contributed by atoms with Crippen molar-refractivity contribution in [1.82, 2.24) is 0 Å². The molecule has 0 amide bonds. The van der Waals surface area contributed by atoms with Crippen LogP contribution in [0.4, 0.5) is 0 Å². The molecule has 5 atom stereocenters. The highest BCUT2D eigenvalue weighted by molar-refractivity contribution is 7.57. The molecule has 0 aliphatic rings. The molecule has 0 radical (unpaired) electrons. The highest BCUT2D eigenvalue weighted by atomic mass is 31.1. The zero-order valence-corrected chi connectivity index (χ0v) is 82.7. The molecule has 648 valence electrons. The molecule has 0 spiro atoms. The second-order valence-electron chi connectivity index (χ2n) is 39.4. The molecule has 11 rings (SSSR count). The number of phenols is 5. The summed E-state index contributed by atoms with van der Waals surface area (Å²) in [6.07, 6.45) is 0.706. The molecule has 10 N–H and O–H groups in total. The molecule has 0 fully saturated rings. The van der Waals surface area contributed by atoms with Gasteiger partial charge in [-0.1, -0.05) is 318 Å². The SMILES string of the molecule is CC(C)(O)c1ccccc1Pc1cccc(Cc2ccccc2)c1O.Cc1cc(C)c(O)c(Pc2ccc(C)cc2C(C)(C)O)c1.Cc1cc(Pc2ccc(C)cc2C(C)(C)O)c(O)c(C(C)(C)C)c1.Cc1ccc(Pc2cc(C(C)(C)C)cc(C(C)(C)C)c2O)c(C(C)(C)O)c1.Cc1ccc(Pc2cc(C(C)(C)C)cc(C)c2O)c(C(C)(C)O)c1. The van der Waals surface area contributed by atoms with Gasteiger partial charge in [-0.15, -0.1) is 0 Å². The summed E-state index contributed by atoms with van der Waals surface area (Å²) in [5.41, 5.74) is 15.0. The van der Waals surface area contributed by atoms with Crippen molar-refractivity contribution in [2.75, 3.05) is 0 Å². The quantitative estimate of drug-likeness (QED) is 0.0391. The van der Waals surface area contributed by atoms with Crippen LogP contribution in [0.5, 0.6) is 28.7 Å². The molecular weight excluding hydrogens is 1590 g/mol. The summed E-state index contributed by atoms with van der Waals surface area (Å²) in [5.74, 6) is 1.85. The van der Waals surface area contributed by atoms with Crippen molar-refractivity contribution >= 4 is 95.9 Å². The number of aliphatic hydroxyl groups is 5. The molecule has 0 heterocycles. The average Bonchev–Trinajstić information content (AvgIpc) is 0.792. The van der Waals surface area contributed by atoms with Gasteiger partial charge in [0, 0.05) is 44.1 Å². The Labute approximate surface area is 734 Å². The van der Waals surface area contributed by atoms with Crippen LogP contribution in [-0.4, -0.2) is 51.1 Å². The van der Waals surface area contributed by atoms with E-state index in [1.165, 1.54) is 16.7 Å². The highest BCUT2D eigenvalue weighted by Crippen LogP contribution is 2.41. The first-order valence-corrected chi connectivity index (χ1v) is 46.7. The largest absolute Gasteiger partial charge is 0.507 e. The van der Waals surface area contributed by atoms with Crippen LogP contribution in [0.2, 0.25) is 0 Å². The van der Waals surface area contributed by atoms with Gasteiger partial charge < -0.3 is 51.1 Å². The molecule has 5 unspecified atom stereocenters. The van der Waals surface area contributed by atoms with Gasteiger partial charge in [0.15, 0.2) is 0 Å². The van der Waals surface area contributed by atoms with E-state index < -0.39 is 28.0 Å². The Morgan fingerprint density at radius 3 is 0.876 bits per heavy atom. The van der Waals surface area contributed by atoms with Crippen LogP contribution in [0.1, 0.15) is 258 Å². The zero-order valence-electron chi connectivity index (χ0n) is 77.7. The van der Waals surface area contributed by atoms with Crippen LogP contribution in [0.3, 0.4) is 0 Å². The summed E-state index contributed by atoms with van der Waals surface area (Å²) in [4.78, 5) is 0. The second kappa shape index (κ2) is 40.1. The normalized spacial score (nSPS) is 12.8. The van der Waals surface area contributed by atoms with Crippen molar-refractivity contribution in [3.63, 3.8) is 0 Å². The average molecular weight is 1730 g/mol. The van der Waals surface area contributed by atoms with E-state index in [-0.39, 0.29) is 30.2 Å². The van der Waals surface area contributed by atoms with Crippen LogP contribution in [0, 0.1) is 55.4 Å². The molecule has 121 heavy (non-hydrogen) atoms. The second-order valence-corrected chi connectivity index (χ2v) is 46.1. The summed E-state index contributed by atoms with van der Waals surface area (Å²) in [6.45, 7) is 60.1. The number of hydrogen-bond donors (Lipinski definition) is 10. The molecule has 0 aliphatic carbocycles. The van der Waals surface area contributed by atoms with Crippen molar-refractivity contribution in [3.8, 4) is 28.7 Å². The summed E-state index contributed by atoms with van der Waals surface area (Å²) < 4.78 is 0.